The van der Waals surface area contributed by atoms with E-state index in [4.69, 9.17) is 4.42 Å². The number of pyridine rings is 1. The highest BCUT2D eigenvalue weighted by molar-refractivity contribution is 6.04. The molecule has 0 aliphatic heterocycles. The number of nitrogens with zero attached hydrogens (tertiary/aromatic N) is 3. The molecule has 5 rings (SSSR count). The first kappa shape index (κ1) is 23.6. The Kier molecular flexibility index (Phi) is 6.80. The summed E-state index contributed by atoms with van der Waals surface area (Å²) in [5, 5.41) is 14.1. The Morgan fingerprint density at radius 3 is 2.30 bits per heavy atom. The Morgan fingerprint density at radius 1 is 0.784 bits per heavy atom. The molecule has 0 spiro atoms. The summed E-state index contributed by atoms with van der Waals surface area (Å²) in [7, 11) is 0. The zero-order chi connectivity index (χ0) is 25.6. The second-order valence-corrected chi connectivity index (χ2v) is 8.38. The van der Waals surface area contributed by atoms with Gasteiger partial charge in [-0.25, -0.2) is 0 Å². The Morgan fingerprint density at radius 2 is 1.51 bits per heavy atom. The van der Waals surface area contributed by atoms with Gasteiger partial charge in [-0.15, -0.1) is 10.2 Å². The maximum Gasteiger partial charge on any atom is 0.255 e. The quantitative estimate of drug-likeness (QED) is 0.321. The summed E-state index contributed by atoms with van der Waals surface area (Å²) in [6.07, 6.45) is 3.14. The van der Waals surface area contributed by atoms with Crippen molar-refractivity contribution >= 4 is 17.5 Å². The van der Waals surface area contributed by atoms with Crippen LogP contribution in [0.1, 0.15) is 31.8 Å². The molecular weight excluding hydrogens is 466 g/mol. The third-order valence-corrected chi connectivity index (χ3v) is 5.77. The fourth-order valence-corrected chi connectivity index (χ4v) is 3.78. The molecule has 0 saturated heterocycles. The zero-order valence-electron chi connectivity index (χ0n) is 20.0. The van der Waals surface area contributed by atoms with Crippen molar-refractivity contribution in [2.24, 2.45) is 0 Å². The van der Waals surface area contributed by atoms with E-state index < -0.39 is 0 Å². The van der Waals surface area contributed by atoms with Crippen molar-refractivity contribution in [1.82, 2.24) is 20.5 Å². The number of hydrogen-bond acceptors (Lipinski definition) is 6. The van der Waals surface area contributed by atoms with Gasteiger partial charge >= 0.3 is 0 Å². The topological polar surface area (TPSA) is 110 Å². The van der Waals surface area contributed by atoms with Gasteiger partial charge in [-0.1, -0.05) is 30.3 Å². The van der Waals surface area contributed by atoms with E-state index in [2.05, 4.69) is 25.8 Å². The SMILES string of the molecule is Cc1ccccc1-c1nnc(-c2ccc(C(=O)NCc3cccc(NC(=O)c4ccncc4)c3)cc2)o1. The monoisotopic (exact) mass is 489 g/mol. The smallest absolute Gasteiger partial charge is 0.255 e. The number of aromatic nitrogens is 3. The van der Waals surface area contributed by atoms with Crippen LogP contribution >= 0.6 is 0 Å². The number of nitrogens with one attached hydrogen (secondary N) is 2. The van der Waals surface area contributed by atoms with Crippen molar-refractivity contribution in [3.63, 3.8) is 0 Å². The number of benzene rings is 3. The fraction of sp³-hybridized carbons (Fsp3) is 0.0690. The van der Waals surface area contributed by atoms with Gasteiger partial charge in [0.25, 0.3) is 11.8 Å². The molecule has 2 heterocycles. The highest BCUT2D eigenvalue weighted by atomic mass is 16.4. The van der Waals surface area contributed by atoms with Crippen molar-refractivity contribution in [2.45, 2.75) is 13.5 Å². The zero-order valence-corrected chi connectivity index (χ0v) is 20.0. The molecule has 0 atom stereocenters. The van der Waals surface area contributed by atoms with E-state index in [9.17, 15) is 9.59 Å². The summed E-state index contributed by atoms with van der Waals surface area (Å²) in [6.45, 7) is 2.30. The van der Waals surface area contributed by atoms with Crippen LogP contribution in [0.3, 0.4) is 0 Å². The van der Waals surface area contributed by atoms with E-state index in [0.29, 0.717) is 35.1 Å². The van der Waals surface area contributed by atoms with Gasteiger partial charge in [0.15, 0.2) is 0 Å². The van der Waals surface area contributed by atoms with Gasteiger partial charge in [0.2, 0.25) is 11.8 Å². The average molecular weight is 490 g/mol. The molecule has 0 fully saturated rings. The maximum atomic E-state index is 12.7. The minimum Gasteiger partial charge on any atom is -0.416 e. The van der Waals surface area contributed by atoms with Gasteiger partial charge in [-0.05, 0) is 72.6 Å². The summed E-state index contributed by atoms with van der Waals surface area (Å²) in [6, 6.07) is 25.4. The summed E-state index contributed by atoms with van der Waals surface area (Å²) in [5.74, 6) is 0.393. The Hall–Kier alpha value is -5.11. The standard InChI is InChI=1S/C29H23N5O3/c1-19-5-2-3-8-25(19)29-34-33-28(37-29)23-11-9-21(10-12-23)26(35)31-18-20-6-4-7-24(17-20)32-27(36)22-13-15-30-16-14-22/h2-17H,18H2,1H3,(H,31,35)(H,32,36). The first-order valence-electron chi connectivity index (χ1n) is 11.7. The molecule has 0 unspecified atom stereocenters. The van der Waals surface area contributed by atoms with E-state index in [1.807, 2.05) is 49.4 Å². The van der Waals surface area contributed by atoms with E-state index >= 15 is 0 Å². The molecule has 0 radical (unpaired) electrons. The van der Waals surface area contributed by atoms with E-state index in [0.717, 1.165) is 22.3 Å². The molecule has 5 aromatic rings. The molecule has 2 aromatic heterocycles. The minimum atomic E-state index is -0.226. The first-order chi connectivity index (χ1) is 18.1. The predicted molar refractivity (Wildman–Crippen MR) is 140 cm³/mol. The fourth-order valence-electron chi connectivity index (χ4n) is 3.78. The van der Waals surface area contributed by atoms with E-state index in [1.165, 1.54) is 0 Å². The van der Waals surface area contributed by atoms with Gasteiger partial charge in [-0.3, -0.25) is 14.6 Å². The molecular formula is C29H23N5O3. The Bertz CT molecular complexity index is 1550. The largest absolute Gasteiger partial charge is 0.416 e. The molecule has 0 saturated carbocycles. The third kappa shape index (κ3) is 5.59. The lowest BCUT2D eigenvalue weighted by atomic mass is 10.1. The lowest BCUT2D eigenvalue weighted by Crippen LogP contribution is -2.22. The van der Waals surface area contributed by atoms with Crippen LogP contribution in [0.25, 0.3) is 22.9 Å². The molecule has 3 aromatic carbocycles. The molecule has 0 aliphatic carbocycles. The van der Waals surface area contributed by atoms with Gasteiger partial charge in [0, 0.05) is 46.9 Å². The van der Waals surface area contributed by atoms with Crippen LogP contribution in [0, 0.1) is 6.92 Å². The molecule has 2 N–H and O–H groups in total. The normalized spacial score (nSPS) is 10.6. The first-order valence-corrected chi connectivity index (χ1v) is 11.7. The average Bonchev–Trinajstić information content (AvgIpc) is 3.43. The lowest BCUT2D eigenvalue weighted by molar-refractivity contribution is 0.0950. The molecule has 8 heteroatoms. The van der Waals surface area contributed by atoms with E-state index in [1.54, 1.807) is 54.9 Å². The summed E-state index contributed by atoms with van der Waals surface area (Å²) < 4.78 is 5.85. The van der Waals surface area contributed by atoms with Crippen LogP contribution in [0.4, 0.5) is 5.69 Å². The van der Waals surface area contributed by atoms with E-state index in [-0.39, 0.29) is 11.8 Å². The highest BCUT2D eigenvalue weighted by Gasteiger charge is 2.13. The summed E-state index contributed by atoms with van der Waals surface area (Å²) in [5.41, 5.74) is 5.18. The van der Waals surface area contributed by atoms with Crippen LogP contribution < -0.4 is 10.6 Å². The van der Waals surface area contributed by atoms with Gasteiger partial charge in [0.1, 0.15) is 0 Å². The summed E-state index contributed by atoms with van der Waals surface area (Å²) in [4.78, 5) is 29.0. The number of carbonyl (C=O) groups is 2. The molecule has 2 amide bonds. The number of carbonyl (C=O) groups excluding carboxylic acids is 2. The third-order valence-electron chi connectivity index (χ3n) is 5.77. The Labute approximate surface area is 213 Å². The second-order valence-electron chi connectivity index (χ2n) is 8.38. The molecule has 0 bridgehead atoms. The van der Waals surface area contributed by atoms with Crippen LogP contribution in [0.2, 0.25) is 0 Å². The van der Waals surface area contributed by atoms with Crippen molar-refractivity contribution in [3.8, 4) is 22.9 Å². The Balaban J connectivity index is 1.20. The van der Waals surface area contributed by atoms with Gasteiger partial charge < -0.3 is 15.1 Å². The van der Waals surface area contributed by atoms with Crippen molar-refractivity contribution < 1.29 is 14.0 Å². The molecule has 0 aliphatic rings. The summed E-state index contributed by atoms with van der Waals surface area (Å²) >= 11 is 0. The van der Waals surface area contributed by atoms with Crippen molar-refractivity contribution in [1.29, 1.82) is 0 Å². The van der Waals surface area contributed by atoms with Crippen LogP contribution in [-0.2, 0) is 6.54 Å². The number of amides is 2. The number of aryl methyl sites for hydroxylation is 1. The number of hydrogen-bond donors (Lipinski definition) is 2. The number of anilines is 1. The van der Waals surface area contributed by atoms with Crippen LogP contribution in [-0.4, -0.2) is 27.0 Å². The number of rotatable bonds is 7. The molecule has 182 valence electrons. The van der Waals surface area contributed by atoms with Gasteiger partial charge in [0.05, 0.1) is 0 Å². The van der Waals surface area contributed by atoms with Crippen LogP contribution in [0.15, 0.2) is 102 Å². The minimum absolute atomic E-state index is 0.219. The van der Waals surface area contributed by atoms with Crippen molar-refractivity contribution in [3.05, 3.63) is 120 Å². The maximum absolute atomic E-state index is 12.7. The van der Waals surface area contributed by atoms with Gasteiger partial charge in [-0.2, -0.15) is 0 Å². The molecule has 8 nitrogen and oxygen atoms in total. The van der Waals surface area contributed by atoms with Crippen LogP contribution in [0.5, 0.6) is 0 Å². The molecule has 37 heavy (non-hydrogen) atoms. The predicted octanol–water partition coefficient (Wildman–Crippen LogP) is 5.29. The van der Waals surface area contributed by atoms with Crippen molar-refractivity contribution in [2.75, 3.05) is 5.32 Å². The highest BCUT2D eigenvalue weighted by Crippen LogP contribution is 2.26. The second kappa shape index (κ2) is 10.7. The lowest BCUT2D eigenvalue weighted by Gasteiger charge is -2.09.